The number of nitrogens with one attached hydrogen (secondary N) is 1. The van der Waals surface area contributed by atoms with Gasteiger partial charge in [-0.3, -0.25) is 19.3 Å². The fraction of sp³-hybridized carbons (Fsp3) is 0.389. The van der Waals surface area contributed by atoms with Crippen molar-refractivity contribution in [2.24, 2.45) is 11.8 Å². The first-order chi connectivity index (χ1) is 12.9. The monoisotopic (exact) mass is 398 g/mol. The first-order valence-corrected chi connectivity index (χ1v) is 8.79. The van der Waals surface area contributed by atoms with Crippen LogP contribution in [0.1, 0.15) is 19.3 Å². The van der Waals surface area contributed by atoms with Crippen molar-refractivity contribution >= 4 is 35.0 Å². The van der Waals surface area contributed by atoms with E-state index in [1.165, 1.54) is 18.2 Å². The van der Waals surface area contributed by atoms with Gasteiger partial charge >= 0.3 is 6.61 Å². The largest absolute Gasteiger partial charge is 0.433 e. The van der Waals surface area contributed by atoms with Gasteiger partial charge in [0.25, 0.3) is 0 Å². The average molecular weight is 399 g/mol. The molecule has 0 bridgehead atoms. The number of amides is 3. The van der Waals surface area contributed by atoms with Crippen LogP contribution in [0.25, 0.3) is 0 Å². The van der Waals surface area contributed by atoms with Gasteiger partial charge in [-0.15, -0.1) is 0 Å². The van der Waals surface area contributed by atoms with E-state index in [-0.39, 0.29) is 47.4 Å². The van der Waals surface area contributed by atoms with Gasteiger partial charge in [-0.1, -0.05) is 23.8 Å². The Morgan fingerprint density at radius 2 is 1.85 bits per heavy atom. The van der Waals surface area contributed by atoms with Crippen LogP contribution in [0.4, 0.5) is 14.5 Å². The zero-order chi connectivity index (χ0) is 19.6. The Hall–Kier alpha value is -2.48. The maximum Gasteiger partial charge on any atom is 0.387 e. The zero-order valence-corrected chi connectivity index (χ0v) is 14.9. The van der Waals surface area contributed by atoms with Crippen molar-refractivity contribution in [1.82, 2.24) is 4.90 Å². The molecule has 0 aromatic heterocycles. The molecular weight excluding hydrogens is 382 g/mol. The summed E-state index contributed by atoms with van der Waals surface area (Å²) in [7, 11) is 0. The molecule has 1 aromatic carbocycles. The highest BCUT2D eigenvalue weighted by Crippen LogP contribution is 2.35. The van der Waals surface area contributed by atoms with Crippen LogP contribution < -0.4 is 10.1 Å². The van der Waals surface area contributed by atoms with E-state index in [2.05, 4.69) is 10.1 Å². The number of halogens is 3. The molecule has 0 saturated carbocycles. The van der Waals surface area contributed by atoms with Crippen LogP contribution in [0.2, 0.25) is 5.02 Å². The summed E-state index contributed by atoms with van der Waals surface area (Å²) in [5.74, 6) is -1.76. The van der Waals surface area contributed by atoms with Crippen molar-refractivity contribution < 1.29 is 27.9 Å². The van der Waals surface area contributed by atoms with E-state index in [4.69, 9.17) is 11.6 Å². The number of nitrogens with zero attached hydrogens (tertiary/aromatic N) is 1. The van der Waals surface area contributed by atoms with Crippen LogP contribution in [0.15, 0.2) is 30.4 Å². The molecule has 6 nitrogen and oxygen atoms in total. The lowest BCUT2D eigenvalue weighted by Crippen LogP contribution is -2.34. The predicted molar refractivity (Wildman–Crippen MR) is 93.4 cm³/mol. The number of anilines is 1. The van der Waals surface area contributed by atoms with Crippen molar-refractivity contribution in [3.8, 4) is 5.75 Å². The number of alkyl halides is 2. The minimum atomic E-state index is -3.00. The second-order valence-corrected chi connectivity index (χ2v) is 6.71. The minimum absolute atomic E-state index is 0.00317. The number of allylic oxidation sites excluding steroid dienone is 2. The third-order valence-corrected chi connectivity index (χ3v) is 4.89. The van der Waals surface area contributed by atoms with Crippen LogP contribution in [0, 0.1) is 11.8 Å². The van der Waals surface area contributed by atoms with Gasteiger partial charge in [0.15, 0.2) is 0 Å². The summed E-state index contributed by atoms with van der Waals surface area (Å²) in [4.78, 5) is 37.9. The molecule has 3 rings (SSSR count). The lowest BCUT2D eigenvalue weighted by atomic mass is 9.85. The van der Waals surface area contributed by atoms with Crippen molar-refractivity contribution in [3.05, 3.63) is 35.4 Å². The molecule has 1 heterocycles. The molecule has 2 atom stereocenters. The molecule has 1 saturated heterocycles. The standard InChI is InChI=1S/C18H17ClF2N2O4/c19-13-9-10(5-6-14(13)27-18(20)21)22-15(24)7-8-23-16(25)11-3-1-2-4-12(11)17(23)26/h1-2,5-6,9,11-12,18H,3-4,7-8H2,(H,22,24)/t11-,12-/m1/s1. The normalized spacial score (nSPS) is 21.6. The molecule has 1 fully saturated rings. The van der Waals surface area contributed by atoms with E-state index < -0.39 is 12.5 Å². The molecule has 3 amide bonds. The highest BCUT2D eigenvalue weighted by Gasteiger charge is 2.46. The van der Waals surface area contributed by atoms with Crippen molar-refractivity contribution in [1.29, 1.82) is 0 Å². The first-order valence-electron chi connectivity index (χ1n) is 8.41. The predicted octanol–water partition coefficient (Wildman–Crippen LogP) is 3.22. The average Bonchev–Trinajstić information content (AvgIpc) is 2.86. The second kappa shape index (κ2) is 8.04. The van der Waals surface area contributed by atoms with Crippen LogP contribution in [-0.4, -0.2) is 35.8 Å². The van der Waals surface area contributed by atoms with Gasteiger partial charge in [-0.25, -0.2) is 0 Å². The number of hydrogen-bond donors (Lipinski definition) is 1. The van der Waals surface area contributed by atoms with Crippen LogP contribution in [-0.2, 0) is 14.4 Å². The lowest BCUT2D eigenvalue weighted by molar-refractivity contribution is -0.140. The number of rotatable bonds is 6. The summed E-state index contributed by atoms with van der Waals surface area (Å²) in [5.41, 5.74) is 0.295. The number of carbonyl (C=O) groups excluding carboxylic acids is 3. The number of hydrogen-bond acceptors (Lipinski definition) is 4. The highest BCUT2D eigenvalue weighted by molar-refractivity contribution is 6.32. The Morgan fingerprint density at radius 3 is 2.41 bits per heavy atom. The maximum absolute atomic E-state index is 12.3. The maximum atomic E-state index is 12.3. The van der Waals surface area contributed by atoms with Gasteiger partial charge in [0.05, 0.1) is 16.9 Å². The van der Waals surface area contributed by atoms with Crippen molar-refractivity contribution in [2.75, 3.05) is 11.9 Å². The lowest BCUT2D eigenvalue weighted by Gasteiger charge is -2.14. The number of benzene rings is 1. The summed E-state index contributed by atoms with van der Waals surface area (Å²) >= 11 is 5.83. The number of imide groups is 1. The summed E-state index contributed by atoms with van der Waals surface area (Å²) in [6, 6.07) is 3.87. The van der Waals surface area contributed by atoms with Crippen molar-refractivity contribution in [2.45, 2.75) is 25.9 Å². The number of likely N-dealkylation sites (tertiary alicyclic amines) is 1. The first kappa shape index (κ1) is 19.3. The van der Waals surface area contributed by atoms with E-state index >= 15 is 0 Å². The molecule has 0 spiro atoms. The van der Waals surface area contributed by atoms with Gasteiger partial charge in [0, 0.05) is 18.7 Å². The molecule has 1 N–H and O–H groups in total. The fourth-order valence-corrected chi connectivity index (χ4v) is 3.52. The summed E-state index contributed by atoms with van der Waals surface area (Å²) < 4.78 is 28.7. The molecule has 1 aliphatic heterocycles. The van der Waals surface area contributed by atoms with Crippen molar-refractivity contribution in [3.63, 3.8) is 0 Å². The second-order valence-electron chi connectivity index (χ2n) is 6.31. The van der Waals surface area contributed by atoms with Crippen LogP contribution >= 0.6 is 11.6 Å². The Labute approximate surface area is 159 Å². The van der Waals surface area contributed by atoms with Crippen LogP contribution in [0.5, 0.6) is 5.75 Å². The van der Waals surface area contributed by atoms with Gasteiger partial charge in [0.1, 0.15) is 5.75 Å². The SMILES string of the molecule is O=C(CCN1C(=O)[C@@H]2CC=CC[C@H]2C1=O)Nc1ccc(OC(F)F)c(Cl)c1. The summed E-state index contributed by atoms with van der Waals surface area (Å²) in [6.45, 7) is -3.01. The Morgan fingerprint density at radius 1 is 1.22 bits per heavy atom. The molecule has 27 heavy (non-hydrogen) atoms. The van der Waals surface area contributed by atoms with Gasteiger partial charge < -0.3 is 10.1 Å². The number of ether oxygens (including phenoxy) is 1. The fourth-order valence-electron chi connectivity index (χ4n) is 3.30. The van der Waals surface area contributed by atoms with E-state index in [1.807, 2.05) is 12.2 Å². The minimum Gasteiger partial charge on any atom is -0.433 e. The Balaban J connectivity index is 1.55. The molecule has 1 aliphatic carbocycles. The topological polar surface area (TPSA) is 75.7 Å². The van der Waals surface area contributed by atoms with E-state index in [0.717, 1.165) is 4.90 Å². The van der Waals surface area contributed by atoms with E-state index in [9.17, 15) is 23.2 Å². The summed E-state index contributed by atoms with van der Waals surface area (Å²) in [6.07, 6.45) is 4.81. The molecule has 144 valence electrons. The third-order valence-electron chi connectivity index (χ3n) is 4.59. The van der Waals surface area contributed by atoms with E-state index in [0.29, 0.717) is 18.5 Å². The molecule has 0 radical (unpaired) electrons. The molecular formula is C18H17ClF2N2O4. The van der Waals surface area contributed by atoms with Gasteiger partial charge in [0.2, 0.25) is 17.7 Å². The smallest absolute Gasteiger partial charge is 0.387 e. The molecule has 2 aliphatic rings. The highest BCUT2D eigenvalue weighted by atomic mass is 35.5. The van der Waals surface area contributed by atoms with Gasteiger partial charge in [-0.2, -0.15) is 8.78 Å². The quantitative estimate of drug-likeness (QED) is 0.589. The molecule has 0 unspecified atom stereocenters. The third kappa shape index (κ3) is 4.27. The van der Waals surface area contributed by atoms with Gasteiger partial charge in [-0.05, 0) is 31.0 Å². The van der Waals surface area contributed by atoms with E-state index in [1.54, 1.807) is 0 Å². The Bertz CT molecular complexity index is 774. The zero-order valence-electron chi connectivity index (χ0n) is 14.2. The number of carbonyl (C=O) groups is 3. The summed E-state index contributed by atoms with van der Waals surface area (Å²) in [5, 5.41) is 2.48. The Kier molecular flexibility index (Phi) is 5.74. The molecule has 9 heteroatoms. The number of fused-ring (bicyclic) bond motifs is 1. The van der Waals surface area contributed by atoms with Crippen LogP contribution in [0.3, 0.4) is 0 Å². The molecule has 1 aromatic rings.